The van der Waals surface area contributed by atoms with Gasteiger partial charge in [0.1, 0.15) is 0 Å². The number of rotatable bonds is 0. The Morgan fingerprint density at radius 1 is 0.696 bits per heavy atom. The molecule has 2 aromatic rings. The zero-order chi connectivity index (χ0) is 16.0. The summed E-state index contributed by atoms with van der Waals surface area (Å²) in [4.78, 5) is 25.1. The third kappa shape index (κ3) is 1.18. The van der Waals surface area contributed by atoms with Crippen molar-refractivity contribution in [2.45, 2.75) is 24.7 Å². The van der Waals surface area contributed by atoms with Gasteiger partial charge in [0.25, 0.3) is 0 Å². The van der Waals surface area contributed by atoms with E-state index in [0.717, 1.165) is 22.3 Å². The molecule has 0 saturated carbocycles. The molecule has 114 valence electrons. The molecule has 1 heterocycles. The van der Waals surface area contributed by atoms with Crippen molar-refractivity contribution in [3.05, 3.63) is 70.8 Å². The van der Waals surface area contributed by atoms with E-state index in [1.165, 1.54) is 0 Å². The van der Waals surface area contributed by atoms with Crippen LogP contribution in [-0.4, -0.2) is 11.9 Å². The first-order valence-corrected chi connectivity index (χ1v) is 7.96. The molecule has 0 aromatic heterocycles. The molecule has 4 aliphatic rings. The van der Waals surface area contributed by atoms with Gasteiger partial charge >= 0.3 is 11.9 Å². The van der Waals surface area contributed by atoms with Crippen molar-refractivity contribution in [2.75, 3.05) is 0 Å². The van der Waals surface area contributed by atoms with Crippen LogP contribution in [0.1, 0.15) is 36.1 Å². The van der Waals surface area contributed by atoms with E-state index in [-0.39, 0.29) is 11.9 Å². The fourth-order valence-electron chi connectivity index (χ4n) is 5.37. The molecule has 2 bridgehead atoms. The molecule has 0 spiro atoms. The monoisotopic (exact) mass is 304 g/mol. The predicted octanol–water partition coefficient (Wildman–Crippen LogP) is 2.94. The van der Waals surface area contributed by atoms with Crippen LogP contribution in [0.5, 0.6) is 0 Å². The molecule has 2 atom stereocenters. The smallest absolute Gasteiger partial charge is 0.318 e. The molecule has 1 aliphatic heterocycles. The van der Waals surface area contributed by atoms with Gasteiger partial charge in [0.2, 0.25) is 0 Å². The van der Waals surface area contributed by atoms with E-state index < -0.39 is 22.7 Å². The van der Waals surface area contributed by atoms with E-state index in [1.807, 2.05) is 24.3 Å². The third-order valence-electron chi connectivity index (χ3n) is 6.38. The Morgan fingerprint density at radius 3 is 1.30 bits per heavy atom. The molecule has 0 amide bonds. The van der Waals surface area contributed by atoms with Crippen molar-refractivity contribution in [2.24, 2.45) is 11.8 Å². The minimum Gasteiger partial charge on any atom is -0.393 e. The predicted molar refractivity (Wildman–Crippen MR) is 83.9 cm³/mol. The van der Waals surface area contributed by atoms with Gasteiger partial charge < -0.3 is 4.74 Å². The topological polar surface area (TPSA) is 43.4 Å². The highest BCUT2D eigenvalue weighted by Gasteiger charge is 2.70. The van der Waals surface area contributed by atoms with Gasteiger partial charge in [-0.15, -0.1) is 0 Å². The number of esters is 2. The third-order valence-corrected chi connectivity index (χ3v) is 6.38. The maximum atomic E-state index is 12.5. The molecule has 6 rings (SSSR count). The Balaban J connectivity index is 1.99. The van der Waals surface area contributed by atoms with Gasteiger partial charge in [0.05, 0.1) is 11.8 Å². The highest BCUT2D eigenvalue weighted by molar-refractivity contribution is 6.01. The van der Waals surface area contributed by atoms with E-state index in [9.17, 15) is 9.59 Å². The maximum Gasteiger partial charge on any atom is 0.318 e. The highest BCUT2D eigenvalue weighted by atomic mass is 16.6. The standard InChI is InChI=1S/C20H16O3/c1-19-11-7-3-5-9-13(11)20(2,14-10-6-4-8-12(14)19)16-15(19)17(21)23-18(16)22/h3-10,15-16H,1-2H3. The van der Waals surface area contributed by atoms with Crippen LogP contribution in [-0.2, 0) is 25.2 Å². The molecule has 0 N–H and O–H groups in total. The lowest BCUT2D eigenvalue weighted by Crippen LogP contribution is -2.59. The molecule has 1 saturated heterocycles. The molecule has 2 unspecified atom stereocenters. The largest absolute Gasteiger partial charge is 0.393 e. The summed E-state index contributed by atoms with van der Waals surface area (Å²) in [5.41, 5.74) is 3.56. The van der Waals surface area contributed by atoms with E-state index in [2.05, 4.69) is 38.1 Å². The first-order valence-electron chi connectivity index (χ1n) is 7.96. The van der Waals surface area contributed by atoms with Crippen LogP contribution in [0.15, 0.2) is 48.5 Å². The molecule has 3 nitrogen and oxygen atoms in total. The number of carbonyl (C=O) groups excluding carboxylic acids is 2. The van der Waals surface area contributed by atoms with Crippen molar-refractivity contribution in [3.8, 4) is 0 Å². The molecule has 3 aliphatic carbocycles. The van der Waals surface area contributed by atoms with E-state index in [0.29, 0.717) is 0 Å². The van der Waals surface area contributed by atoms with Gasteiger partial charge in [-0.2, -0.15) is 0 Å². The average molecular weight is 304 g/mol. The molecule has 23 heavy (non-hydrogen) atoms. The number of hydrogen-bond donors (Lipinski definition) is 0. The summed E-state index contributed by atoms with van der Waals surface area (Å²) in [5, 5.41) is 0. The highest BCUT2D eigenvalue weighted by Crippen LogP contribution is 2.65. The molecule has 2 aromatic carbocycles. The van der Waals surface area contributed by atoms with Gasteiger partial charge in [-0.1, -0.05) is 62.4 Å². The van der Waals surface area contributed by atoms with Crippen LogP contribution in [0.4, 0.5) is 0 Å². The van der Waals surface area contributed by atoms with Crippen molar-refractivity contribution >= 4 is 11.9 Å². The van der Waals surface area contributed by atoms with Crippen LogP contribution in [0.25, 0.3) is 0 Å². The van der Waals surface area contributed by atoms with Crippen LogP contribution < -0.4 is 0 Å². The summed E-state index contributed by atoms with van der Waals surface area (Å²) in [5.74, 6) is -1.63. The van der Waals surface area contributed by atoms with Gasteiger partial charge in [-0.05, 0) is 22.3 Å². The summed E-state index contributed by atoms with van der Waals surface area (Å²) in [6.45, 7) is 4.17. The van der Waals surface area contributed by atoms with E-state index in [4.69, 9.17) is 4.74 Å². The van der Waals surface area contributed by atoms with Crippen molar-refractivity contribution < 1.29 is 14.3 Å². The average Bonchev–Trinajstić information content (AvgIpc) is 2.88. The minimum absolute atomic E-state index is 0.377. The number of cyclic esters (lactones) is 2. The zero-order valence-electron chi connectivity index (χ0n) is 13.0. The fourth-order valence-corrected chi connectivity index (χ4v) is 5.37. The Morgan fingerprint density at radius 2 is 1.00 bits per heavy atom. The quantitative estimate of drug-likeness (QED) is 0.555. The molecule has 1 fully saturated rings. The summed E-state index contributed by atoms with van der Waals surface area (Å²) < 4.78 is 5.10. The molecular formula is C20H16O3. The van der Waals surface area contributed by atoms with Crippen molar-refractivity contribution in [1.29, 1.82) is 0 Å². The van der Waals surface area contributed by atoms with Crippen LogP contribution in [0.3, 0.4) is 0 Å². The Bertz CT molecular complexity index is 776. The van der Waals surface area contributed by atoms with Gasteiger partial charge in [0.15, 0.2) is 0 Å². The van der Waals surface area contributed by atoms with Gasteiger partial charge in [-0.3, -0.25) is 9.59 Å². The zero-order valence-corrected chi connectivity index (χ0v) is 13.0. The number of ether oxygens (including phenoxy) is 1. The number of carbonyl (C=O) groups is 2. The number of benzene rings is 2. The normalized spacial score (nSPS) is 36.3. The molecular weight excluding hydrogens is 288 g/mol. The maximum absolute atomic E-state index is 12.5. The fraction of sp³-hybridized carbons (Fsp3) is 0.300. The SMILES string of the molecule is CC12c3ccccc3C(C)(c3ccccc31)C1C(=O)OC(=O)C12. The van der Waals surface area contributed by atoms with E-state index in [1.54, 1.807) is 0 Å². The lowest BCUT2D eigenvalue weighted by Gasteiger charge is -2.57. The second kappa shape index (κ2) is 3.73. The van der Waals surface area contributed by atoms with Crippen LogP contribution in [0, 0.1) is 11.8 Å². The molecule has 3 heteroatoms. The number of hydrogen-bond acceptors (Lipinski definition) is 3. The van der Waals surface area contributed by atoms with Gasteiger partial charge in [-0.25, -0.2) is 0 Å². The second-order valence-corrected chi connectivity index (χ2v) is 7.19. The lowest BCUT2D eigenvalue weighted by atomic mass is 9.42. The van der Waals surface area contributed by atoms with E-state index >= 15 is 0 Å². The Labute approximate surface area is 134 Å². The summed E-state index contributed by atoms with van der Waals surface area (Å²) in [6.07, 6.45) is 0. The first-order chi connectivity index (χ1) is 11.0. The van der Waals surface area contributed by atoms with Crippen molar-refractivity contribution in [1.82, 2.24) is 0 Å². The Hall–Kier alpha value is -2.42. The second-order valence-electron chi connectivity index (χ2n) is 7.19. The summed E-state index contributed by atoms with van der Waals surface area (Å²) in [7, 11) is 0. The summed E-state index contributed by atoms with van der Waals surface area (Å²) in [6, 6.07) is 16.4. The van der Waals surface area contributed by atoms with Gasteiger partial charge in [0, 0.05) is 10.8 Å². The minimum atomic E-state index is -0.515. The van der Waals surface area contributed by atoms with Crippen LogP contribution in [0.2, 0.25) is 0 Å². The van der Waals surface area contributed by atoms with Crippen molar-refractivity contribution in [3.63, 3.8) is 0 Å². The summed E-state index contributed by atoms with van der Waals surface area (Å²) >= 11 is 0. The van der Waals surface area contributed by atoms with Crippen LogP contribution >= 0.6 is 0 Å². The lowest BCUT2D eigenvalue weighted by molar-refractivity contribution is -0.154. The first kappa shape index (κ1) is 13.1. The molecule has 0 radical (unpaired) electrons. The Kier molecular flexibility index (Phi) is 2.12.